The predicted octanol–water partition coefficient (Wildman–Crippen LogP) is 1.44. The largest absolute Gasteiger partial charge is 0.463 e. The number of aliphatic hydroxyl groups is 1. The summed E-state index contributed by atoms with van der Waals surface area (Å²) in [7, 11) is 2.11. The minimum Gasteiger partial charge on any atom is -0.463 e. The van der Waals surface area contributed by atoms with Crippen LogP contribution in [0.5, 0.6) is 0 Å². The molecular weight excluding hydrogens is 282 g/mol. The Balaban J connectivity index is 1.73. The van der Waals surface area contributed by atoms with Gasteiger partial charge in [-0.25, -0.2) is 4.79 Å². The summed E-state index contributed by atoms with van der Waals surface area (Å²) in [6, 6.07) is 3.27. The number of carbonyl (C=O) groups excluding carboxylic acids is 1. The van der Waals surface area contributed by atoms with Crippen molar-refractivity contribution >= 4 is 6.03 Å². The van der Waals surface area contributed by atoms with Crippen molar-refractivity contribution in [3.63, 3.8) is 0 Å². The van der Waals surface area contributed by atoms with Crippen LogP contribution < -0.4 is 10.6 Å². The molecule has 0 spiro atoms. The molecule has 0 saturated carbocycles. The molecule has 2 amide bonds. The van der Waals surface area contributed by atoms with Gasteiger partial charge in [0.25, 0.3) is 0 Å². The van der Waals surface area contributed by atoms with E-state index < -0.39 is 5.60 Å². The van der Waals surface area contributed by atoms with Gasteiger partial charge in [-0.1, -0.05) is 0 Å². The first-order chi connectivity index (χ1) is 10.4. The average molecular weight is 309 g/mol. The Morgan fingerprint density at radius 3 is 2.91 bits per heavy atom. The highest BCUT2D eigenvalue weighted by atomic mass is 16.4. The van der Waals surface area contributed by atoms with Gasteiger partial charge < -0.3 is 25.1 Å². The highest BCUT2D eigenvalue weighted by Gasteiger charge is 2.27. The van der Waals surface area contributed by atoms with Gasteiger partial charge >= 0.3 is 6.03 Å². The van der Waals surface area contributed by atoms with Gasteiger partial charge in [0.05, 0.1) is 6.54 Å². The number of furan rings is 1. The second kappa shape index (κ2) is 7.15. The molecule has 0 aliphatic carbocycles. The lowest BCUT2D eigenvalue weighted by Crippen LogP contribution is -2.46. The van der Waals surface area contributed by atoms with E-state index in [1.165, 1.54) is 6.42 Å². The first kappa shape index (κ1) is 16.8. The number of rotatable bonds is 5. The highest BCUT2D eigenvalue weighted by Crippen LogP contribution is 2.21. The van der Waals surface area contributed by atoms with Crippen molar-refractivity contribution in [3.8, 4) is 0 Å². The minimum atomic E-state index is -1.21. The normalized spacial score (nSPS) is 22.1. The van der Waals surface area contributed by atoms with Crippen molar-refractivity contribution < 1.29 is 14.3 Å². The third-order valence-corrected chi connectivity index (χ3v) is 4.14. The number of carbonyl (C=O) groups is 1. The Kier molecular flexibility index (Phi) is 5.47. The quantitative estimate of drug-likeness (QED) is 0.769. The van der Waals surface area contributed by atoms with Crippen molar-refractivity contribution in [2.75, 3.05) is 33.2 Å². The lowest BCUT2D eigenvalue weighted by molar-refractivity contribution is 0.0359. The van der Waals surface area contributed by atoms with Crippen LogP contribution in [0.25, 0.3) is 0 Å². The molecule has 2 atom stereocenters. The summed E-state index contributed by atoms with van der Waals surface area (Å²) in [4.78, 5) is 14.2. The van der Waals surface area contributed by atoms with Crippen LogP contribution in [0.15, 0.2) is 16.5 Å². The van der Waals surface area contributed by atoms with Gasteiger partial charge in [0.2, 0.25) is 0 Å². The molecule has 6 heteroatoms. The Morgan fingerprint density at radius 1 is 1.50 bits per heavy atom. The third kappa shape index (κ3) is 4.74. The fraction of sp³-hybridized carbons (Fsp3) is 0.688. The molecule has 2 heterocycles. The summed E-state index contributed by atoms with van der Waals surface area (Å²) >= 11 is 0. The van der Waals surface area contributed by atoms with Crippen molar-refractivity contribution in [1.29, 1.82) is 0 Å². The molecule has 124 valence electrons. The molecule has 1 aliphatic heterocycles. The topological polar surface area (TPSA) is 77.7 Å². The van der Waals surface area contributed by atoms with Crippen LogP contribution in [0.4, 0.5) is 4.79 Å². The van der Waals surface area contributed by atoms with Gasteiger partial charge in [-0.05, 0) is 58.3 Å². The lowest BCUT2D eigenvalue weighted by Gasteiger charge is -2.29. The first-order valence-electron chi connectivity index (χ1n) is 7.86. The summed E-state index contributed by atoms with van der Waals surface area (Å²) in [5, 5.41) is 15.9. The Morgan fingerprint density at radius 2 is 2.27 bits per heavy atom. The van der Waals surface area contributed by atoms with Crippen LogP contribution in [0.2, 0.25) is 0 Å². The molecular formula is C16H27N3O3. The molecule has 1 fully saturated rings. The molecule has 0 aromatic carbocycles. The fourth-order valence-corrected chi connectivity index (χ4v) is 2.80. The zero-order valence-corrected chi connectivity index (χ0v) is 13.7. The van der Waals surface area contributed by atoms with Crippen LogP contribution in [-0.4, -0.2) is 49.3 Å². The molecule has 1 aromatic rings. The van der Waals surface area contributed by atoms with E-state index >= 15 is 0 Å². The van der Waals surface area contributed by atoms with E-state index in [1.807, 2.05) is 6.92 Å². The van der Waals surface area contributed by atoms with E-state index in [0.717, 1.165) is 25.3 Å². The number of urea groups is 1. The lowest BCUT2D eigenvalue weighted by atomic mass is 9.99. The summed E-state index contributed by atoms with van der Waals surface area (Å²) < 4.78 is 5.42. The molecule has 2 unspecified atom stereocenters. The van der Waals surface area contributed by atoms with Crippen molar-refractivity contribution in [3.05, 3.63) is 23.7 Å². The van der Waals surface area contributed by atoms with E-state index in [9.17, 15) is 9.90 Å². The molecule has 22 heavy (non-hydrogen) atoms. The molecule has 1 saturated heterocycles. The van der Waals surface area contributed by atoms with Gasteiger partial charge in [-0.3, -0.25) is 0 Å². The van der Waals surface area contributed by atoms with E-state index in [-0.39, 0.29) is 12.6 Å². The summed E-state index contributed by atoms with van der Waals surface area (Å²) in [6.07, 6.45) is 2.32. The number of likely N-dealkylation sites (tertiary alicyclic amines) is 1. The summed E-state index contributed by atoms with van der Waals surface area (Å²) in [6.45, 7) is 6.37. The number of hydrogen-bond acceptors (Lipinski definition) is 4. The molecule has 1 aromatic heterocycles. The summed E-state index contributed by atoms with van der Waals surface area (Å²) in [5.74, 6) is 1.69. The first-order valence-corrected chi connectivity index (χ1v) is 7.86. The van der Waals surface area contributed by atoms with Crippen LogP contribution >= 0.6 is 0 Å². The standard InChI is InChI=1S/C16H27N3O3/c1-12-6-7-14(22-12)16(2,21)11-18-15(20)17-9-13-5-4-8-19(3)10-13/h6-7,13,21H,4-5,8-11H2,1-3H3,(H2,17,18,20). The molecule has 0 radical (unpaired) electrons. The van der Waals surface area contributed by atoms with Gasteiger partial charge in [0, 0.05) is 13.1 Å². The number of piperidine rings is 1. The fourth-order valence-electron chi connectivity index (χ4n) is 2.80. The molecule has 0 bridgehead atoms. The minimum absolute atomic E-state index is 0.107. The Labute approximate surface area is 131 Å². The maximum Gasteiger partial charge on any atom is 0.314 e. The molecule has 1 aliphatic rings. The second-order valence-electron chi connectivity index (χ2n) is 6.52. The smallest absolute Gasteiger partial charge is 0.314 e. The van der Waals surface area contributed by atoms with Crippen LogP contribution in [0, 0.1) is 12.8 Å². The number of aryl methyl sites for hydroxylation is 1. The van der Waals surface area contributed by atoms with Crippen LogP contribution in [0.1, 0.15) is 31.3 Å². The molecule has 3 N–H and O–H groups in total. The van der Waals surface area contributed by atoms with Gasteiger partial charge in [0.1, 0.15) is 17.1 Å². The van der Waals surface area contributed by atoms with Crippen molar-refractivity contribution in [2.45, 2.75) is 32.3 Å². The van der Waals surface area contributed by atoms with Crippen molar-refractivity contribution in [1.82, 2.24) is 15.5 Å². The number of nitrogens with one attached hydrogen (secondary N) is 2. The van der Waals surface area contributed by atoms with Gasteiger partial charge in [0.15, 0.2) is 0 Å². The summed E-state index contributed by atoms with van der Waals surface area (Å²) in [5.41, 5.74) is -1.21. The van der Waals surface area contributed by atoms with E-state index in [1.54, 1.807) is 19.1 Å². The van der Waals surface area contributed by atoms with Crippen molar-refractivity contribution in [2.24, 2.45) is 5.92 Å². The maximum atomic E-state index is 11.9. The Hall–Kier alpha value is -1.53. The van der Waals surface area contributed by atoms with Gasteiger partial charge in [-0.15, -0.1) is 0 Å². The maximum absolute atomic E-state index is 11.9. The molecule has 2 rings (SSSR count). The van der Waals surface area contributed by atoms with Crippen LogP contribution in [0.3, 0.4) is 0 Å². The average Bonchev–Trinajstić information content (AvgIpc) is 2.91. The van der Waals surface area contributed by atoms with Crippen LogP contribution in [-0.2, 0) is 5.60 Å². The van der Waals surface area contributed by atoms with E-state index in [4.69, 9.17) is 4.42 Å². The zero-order valence-electron chi connectivity index (χ0n) is 13.7. The number of nitrogens with zero attached hydrogens (tertiary/aromatic N) is 1. The third-order valence-electron chi connectivity index (χ3n) is 4.14. The number of amides is 2. The Bertz CT molecular complexity index is 499. The number of hydrogen-bond donors (Lipinski definition) is 3. The van der Waals surface area contributed by atoms with E-state index in [0.29, 0.717) is 18.2 Å². The van der Waals surface area contributed by atoms with E-state index in [2.05, 4.69) is 22.6 Å². The monoisotopic (exact) mass is 309 g/mol. The SMILES string of the molecule is Cc1ccc(C(C)(O)CNC(=O)NCC2CCCN(C)C2)o1. The van der Waals surface area contributed by atoms with Gasteiger partial charge in [-0.2, -0.15) is 0 Å². The highest BCUT2D eigenvalue weighted by molar-refractivity contribution is 5.73. The molecule has 6 nitrogen and oxygen atoms in total. The second-order valence-corrected chi connectivity index (χ2v) is 6.52. The zero-order chi connectivity index (χ0) is 16.2. The predicted molar refractivity (Wildman–Crippen MR) is 84.6 cm³/mol.